The average Bonchev–Trinajstić information content (AvgIpc) is 2.17. The van der Waals surface area contributed by atoms with Gasteiger partial charge in [-0.25, -0.2) is 8.78 Å². The zero-order valence-electron chi connectivity index (χ0n) is 8.12. The highest BCUT2D eigenvalue weighted by Gasteiger charge is 2.11. The van der Waals surface area contributed by atoms with Crippen LogP contribution in [0.25, 0.3) is 0 Å². The van der Waals surface area contributed by atoms with E-state index in [0.29, 0.717) is 17.1 Å². The van der Waals surface area contributed by atoms with Gasteiger partial charge in [-0.2, -0.15) is 11.8 Å². The Hall–Kier alpha value is -0.650. The van der Waals surface area contributed by atoms with Crippen molar-refractivity contribution < 1.29 is 13.9 Å². The molecule has 0 saturated carbocycles. The van der Waals surface area contributed by atoms with Gasteiger partial charge in [0, 0.05) is 29.2 Å². The zero-order chi connectivity index (χ0) is 11.3. The van der Waals surface area contributed by atoms with Crippen LogP contribution in [0.1, 0.15) is 11.6 Å². The molecular weight excluding hydrogens is 220 g/mol. The summed E-state index contributed by atoms with van der Waals surface area (Å²) in [6.45, 7) is 0.0727. The average molecular weight is 233 g/mol. The molecule has 0 aliphatic carbocycles. The van der Waals surface area contributed by atoms with Crippen molar-refractivity contribution in [3.8, 4) is 0 Å². The molecule has 2 nitrogen and oxygen atoms in total. The minimum absolute atomic E-state index is 0.0727. The van der Waals surface area contributed by atoms with E-state index in [9.17, 15) is 8.78 Å². The number of rotatable bonds is 5. The molecule has 0 aromatic heterocycles. The lowest BCUT2D eigenvalue weighted by Gasteiger charge is -2.12. The molecule has 0 spiro atoms. The molecule has 0 aliphatic rings. The van der Waals surface area contributed by atoms with E-state index in [1.54, 1.807) is 0 Å². The van der Waals surface area contributed by atoms with Gasteiger partial charge in [-0.3, -0.25) is 0 Å². The largest absolute Gasteiger partial charge is 0.396 e. The number of hydrogen-bond acceptors (Lipinski definition) is 3. The van der Waals surface area contributed by atoms with E-state index < -0.39 is 17.7 Å². The molecule has 84 valence electrons. The van der Waals surface area contributed by atoms with Crippen molar-refractivity contribution in [2.24, 2.45) is 5.73 Å². The molecule has 0 bridgehead atoms. The van der Waals surface area contributed by atoms with Gasteiger partial charge in [-0.1, -0.05) is 6.07 Å². The van der Waals surface area contributed by atoms with E-state index in [1.807, 2.05) is 0 Å². The first-order valence-electron chi connectivity index (χ1n) is 4.54. The second-order valence-electron chi connectivity index (χ2n) is 3.07. The van der Waals surface area contributed by atoms with Gasteiger partial charge in [0.2, 0.25) is 0 Å². The van der Waals surface area contributed by atoms with Gasteiger partial charge in [-0.05, 0) is 6.07 Å². The Bertz CT molecular complexity index is 322. The third-order valence-corrected chi connectivity index (χ3v) is 2.96. The maximum atomic E-state index is 13.2. The lowest BCUT2D eigenvalue weighted by molar-refractivity contribution is 0.322. The molecule has 5 heteroatoms. The van der Waals surface area contributed by atoms with Crippen molar-refractivity contribution in [3.63, 3.8) is 0 Å². The van der Waals surface area contributed by atoms with Gasteiger partial charge >= 0.3 is 0 Å². The molecule has 0 aliphatic heterocycles. The van der Waals surface area contributed by atoms with Crippen LogP contribution < -0.4 is 5.73 Å². The Labute approximate surface area is 91.5 Å². The fourth-order valence-corrected chi connectivity index (χ4v) is 1.90. The molecule has 1 rings (SSSR count). The van der Waals surface area contributed by atoms with Crippen molar-refractivity contribution >= 4 is 11.8 Å². The van der Waals surface area contributed by atoms with E-state index in [4.69, 9.17) is 10.8 Å². The molecule has 1 atom stereocenters. The van der Waals surface area contributed by atoms with Crippen molar-refractivity contribution in [1.82, 2.24) is 0 Å². The fourth-order valence-electron chi connectivity index (χ4n) is 1.17. The van der Waals surface area contributed by atoms with E-state index in [-0.39, 0.29) is 6.61 Å². The van der Waals surface area contributed by atoms with Crippen LogP contribution in [-0.2, 0) is 0 Å². The lowest BCUT2D eigenvalue weighted by atomic mass is 10.1. The molecule has 15 heavy (non-hydrogen) atoms. The molecule has 0 saturated heterocycles. The van der Waals surface area contributed by atoms with Crippen LogP contribution in [0.4, 0.5) is 8.78 Å². The Balaban J connectivity index is 2.61. The minimum atomic E-state index is -0.618. The molecule has 0 amide bonds. The predicted octanol–water partition coefficient (Wildman–Crippen LogP) is 1.69. The van der Waals surface area contributed by atoms with Gasteiger partial charge in [0.25, 0.3) is 0 Å². The third kappa shape index (κ3) is 3.77. The molecule has 1 unspecified atom stereocenters. The van der Waals surface area contributed by atoms with Crippen LogP contribution in [0, 0.1) is 11.6 Å². The normalized spacial score (nSPS) is 12.8. The van der Waals surface area contributed by atoms with Crippen LogP contribution in [0.15, 0.2) is 18.2 Å². The second kappa shape index (κ2) is 6.05. The first kappa shape index (κ1) is 12.4. The summed E-state index contributed by atoms with van der Waals surface area (Å²) < 4.78 is 25.8. The Kier molecular flexibility index (Phi) is 5.01. The highest BCUT2D eigenvalue weighted by Crippen LogP contribution is 2.19. The van der Waals surface area contributed by atoms with Gasteiger partial charge in [-0.15, -0.1) is 0 Å². The van der Waals surface area contributed by atoms with E-state index in [2.05, 4.69) is 0 Å². The molecule has 3 N–H and O–H groups in total. The number of aliphatic hydroxyl groups excluding tert-OH is 1. The number of benzene rings is 1. The zero-order valence-corrected chi connectivity index (χ0v) is 8.94. The van der Waals surface area contributed by atoms with Crippen LogP contribution >= 0.6 is 11.8 Å². The summed E-state index contributed by atoms with van der Waals surface area (Å²) in [4.78, 5) is 0. The van der Waals surface area contributed by atoms with Crippen molar-refractivity contribution in [1.29, 1.82) is 0 Å². The summed E-state index contributed by atoms with van der Waals surface area (Å²) in [5, 5.41) is 8.56. The SMILES string of the molecule is NC(CSCCO)c1ccc(F)cc1F. The highest BCUT2D eigenvalue weighted by atomic mass is 32.2. The fraction of sp³-hybridized carbons (Fsp3) is 0.400. The summed E-state index contributed by atoms with van der Waals surface area (Å²) in [5.41, 5.74) is 6.03. The van der Waals surface area contributed by atoms with E-state index in [0.717, 1.165) is 6.07 Å². The maximum absolute atomic E-state index is 13.2. The lowest BCUT2D eigenvalue weighted by Crippen LogP contribution is -2.15. The summed E-state index contributed by atoms with van der Waals surface area (Å²) >= 11 is 1.43. The van der Waals surface area contributed by atoms with E-state index >= 15 is 0 Å². The number of nitrogens with two attached hydrogens (primary N) is 1. The number of thioether (sulfide) groups is 1. The molecule has 0 radical (unpaired) electrons. The first-order valence-corrected chi connectivity index (χ1v) is 5.69. The molecule has 1 aromatic rings. The standard InChI is InChI=1S/C10H13F2NOS/c11-7-1-2-8(9(12)5-7)10(13)6-15-4-3-14/h1-2,5,10,14H,3-4,6,13H2. The summed E-state index contributed by atoms with van der Waals surface area (Å²) in [6.07, 6.45) is 0. The molecule has 0 heterocycles. The van der Waals surface area contributed by atoms with Gasteiger partial charge < -0.3 is 10.8 Å². The molecule has 0 fully saturated rings. The molecule has 1 aromatic carbocycles. The second-order valence-corrected chi connectivity index (χ2v) is 4.22. The maximum Gasteiger partial charge on any atom is 0.130 e. The Morgan fingerprint density at radius 1 is 1.40 bits per heavy atom. The number of halogens is 2. The van der Waals surface area contributed by atoms with E-state index in [1.165, 1.54) is 23.9 Å². The number of aliphatic hydroxyl groups is 1. The van der Waals surface area contributed by atoms with Gasteiger partial charge in [0.05, 0.1) is 6.61 Å². The summed E-state index contributed by atoms with van der Waals surface area (Å²) in [5.74, 6) is -0.154. The smallest absolute Gasteiger partial charge is 0.130 e. The van der Waals surface area contributed by atoms with Crippen LogP contribution in [0.5, 0.6) is 0 Å². The summed E-state index contributed by atoms with van der Waals surface area (Å²) in [7, 11) is 0. The van der Waals surface area contributed by atoms with Gasteiger partial charge in [0.1, 0.15) is 11.6 Å². The van der Waals surface area contributed by atoms with Crippen LogP contribution in [0.2, 0.25) is 0 Å². The third-order valence-electron chi connectivity index (χ3n) is 1.90. The van der Waals surface area contributed by atoms with Crippen molar-refractivity contribution in [3.05, 3.63) is 35.4 Å². The Morgan fingerprint density at radius 3 is 2.73 bits per heavy atom. The quantitative estimate of drug-likeness (QED) is 0.761. The minimum Gasteiger partial charge on any atom is -0.396 e. The van der Waals surface area contributed by atoms with Crippen molar-refractivity contribution in [2.75, 3.05) is 18.1 Å². The number of hydrogen-bond donors (Lipinski definition) is 2. The molecular formula is C10H13F2NOS. The monoisotopic (exact) mass is 233 g/mol. The Morgan fingerprint density at radius 2 is 2.13 bits per heavy atom. The van der Waals surface area contributed by atoms with Crippen LogP contribution in [-0.4, -0.2) is 23.2 Å². The van der Waals surface area contributed by atoms with Crippen LogP contribution in [0.3, 0.4) is 0 Å². The topological polar surface area (TPSA) is 46.2 Å². The predicted molar refractivity (Wildman–Crippen MR) is 57.7 cm³/mol. The summed E-state index contributed by atoms with van der Waals surface area (Å²) in [6, 6.07) is 2.90. The van der Waals surface area contributed by atoms with Gasteiger partial charge in [0.15, 0.2) is 0 Å². The first-order chi connectivity index (χ1) is 7.15. The van der Waals surface area contributed by atoms with Crippen molar-refractivity contribution in [2.45, 2.75) is 6.04 Å². The highest BCUT2D eigenvalue weighted by molar-refractivity contribution is 7.99.